The zero-order valence-corrected chi connectivity index (χ0v) is 13.9. The van der Waals surface area contributed by atoms with E-state index in [1.54, 1.807) is 0 Å². The van der Waals surface area contributed by atoms with Gasteiger partial charge in [-0.25, -0.2) is 0 Å². The molecule has 0 saturated heterocycles. The number of nitrogens with one attached hydrogen (secondary N) is 1. The highest BCUT2D eigenvalue weighted by molar-refractivity contribution is 5.28. The van der Waals surface area contributed by atoms with Gasteiger partial charge in [0.2, 0.25) is 0 Å². The van der Waals surface area contributed by atoms with Crippen LogP contribution in [0.2, 0.25) is 0 Å². The lowest BCUT2D eigenvalue weighted by molar-refractivity contribution is 0.157. The first-order valence-corrected chi connectivity index (χ1v) is 8.19. The Morgan fingerprint density at radius 1 is 1.05 bits per heavy atom. The molecular formula is C19H31N. The molecular weight excluding hydrogens is 242 g/mol. The van der Waals surface area contributed by atoms with Gasteiger partial charge in [0, 0.05) is 12.1 Å². The smallest absolute Gasteiger partial charge is 0.0296 e. The third kappa shape index (κ3) is 3.85. The lowest BCUT2D eigenvalue weighted by Crippen LogP contribution is -2.37. The summed E-state index contributed by atoms with van der Waals surface area (Å²) in [6.45, 7) is 11.7. The molecule has 0 bridgehead atoms. The first-order valence-electron chi connectivity index (χ1n) is 8.19. The fourth-order valence-corrected chi connectivity index (χ4v) is 3.64. The largest absolute Gasteiger partial charge is 0.307 e. The van der Waals surface area contributed by atoms with Crippen LogP contribution in [0, 0.1) is 18.3 Å². The van der Waals surface area contributed by atoms with Crippen LogP contribution >= 0.6 is 0 Å². The van der Waals surface area contributed by atoms with E-state index in [0.717, 1.165) is 5.92 Å². The number of hydrogen-bond donors (Lipinski definition) is 1. The van der Waals surface area contributed by atoms with E-state index in [4.69, 9.17) is 0 Å². The van der Waals surface area contributed by atoms with Crippen molar-refractivity contribution < 1.29 is 0 Å². The van der Waals surface area contributed by atoms with E-state index in [-0.39, 0.29) is 0 Å². The van der Waals surface area contributed by atoms with Crippen LogP contribution in [-0.2, 0) is 0 Å². The predicted octanol–water partition coefficient (Wildman–Crippen LogP) is 5.25. The first-order chi connectivity index (χ1) is 9.38. The van der Waals surface area contributed by atoms with Gasteiger partial charge in [0.1, 0.15) is 0 Å². The summed E-state index contributed by atoms with van der Waals surface area (Å²) >= 11 is 0. The molecule has 0 heterocycles. The normalized spacial score (nSPS) is 25.4. The molecule has 1 aliphatic rings. The second kappa shape index (κ2) is 6.30. The number of hydrogen-bond acceptors (Lipinski definition) is 1. The van der Waals surface area contributed by atoms with E-state index in [9.17, 15) is 0 Å². The molecule has 1 unspecified atom stereocenters. The quantitative estimate of drug-likeness (QED) is 0.793. The molecule has 1 N–H and O–H groups in total. The third-order valence-electron chi connectivity index (χ3n) is 5.09. The molecule has 0 spiro atoms. The minimum atomic E-state index is 0.465. The van der Waals surface area contributed by atoms with Crippen LogP contribution in [0.25, 0.3) is 0 Å². The highest BCUT2D eigenvalue weighted by Crippen LogP contribution is 2.38. The van der Waals surface area contributed by atoms with Gasteiger partial charge < -0.3 is 5.32 Å². The van der Waals surface area contributed by atoms with Crippen LogP contribution in [-0.4, -0.2) is 6.04 Å². The molecule has 0 amide bonds. The Hall–Kier alpha value is -0.820. The summed E-state index contributed by atoms with van der Waals surface area (Å²) in [5, 5.41) is 3.85. The maximum Gasteiger partial charge on any atom is 0.0296 e. The number of aryl methyl sites for hydroxylation is 1. The second-order valence-corrected chi connectivity index (χ2v) is 7.66. The predicted molar refractivity (Wildman–Crippen MR) is 87.9 cm³/mol. The summed E-state index contributed by atoms with van der Waals surface area (Å²) in [7, 11) is 0. The third-order valence-corrected chi connectivity index (χ3v) is 5.09. The van der Waals surface area contributed by atoms with E-state index < -0.39 is 0 Å². The van der Waals surface area contributed by atoms with Crippen molar-refractivity contribution in [2.24, 2.45) is 11.3 Å². The molecule has 112 valence electrons. The Labute approximate surface area is 125 Å². The Morgan fingerprint density at radius 3 is 2.20 bits per heavy atom. The molecule has 1 atom stereocenters. The molecule has 0 aromatic heterocycles. The zero-order chi connectivity index (χ0) is 14.8. The van der Waals surface area contributed by atoms with Gasteiger partial charge in [-0.2, -0.15) is 0 Å². The van der Waals surface area contributed by atoms with Gasteiger partial charge in [0.25, 0.3) is 0 Å². The van der Waals surface area contributed by atoms with Crippen LogP contribution < -0.4 is 5.32 Å². The fourth-order valence-electron chi connectivity index (χ4n) is 3.64. The molecule has 1 aromatic carbocycles. The van der Waals surface area contributed by atoms with Crippen molar-refractivity contribution >= 4 is 0 Å². The Morgan fingerprint density at radius 2 is 1.65 bits per heavy atom. The minimum absolute atomic E-state index is 0.465. The van der Waals surface area contributed by atoms with Crippen LogP contribution in [0.3, 0.4) is 0 Å². The van der Waals surface area contributed by atoms with Crippen LogP contribution in [0.15, 0.2) is 24.3 Å². The van der Waals surface area contributed by atoms with Crippen molar-refractivity contribution in [3.05, 3.63) is 35.4 Å². The molecule has 2 rings (SSSR count). The van der Waals surface area contributed by atoms with E-state index in [1.165, 1.54) is 36.8 Å². The summed E-state index contributed by atoms with van der Waals surface area (Å²) < 4.78 is 0. The number of rotatable bonds is 3. The van der Waals surface area contributed by atoms with Crippen molar-refractivity contribution in [2.45, 2.75) is 72.4 Å². The van der Waals surface area contributed by atoms with E-state index in [0.29, 0.717) is 17.5 Å². The lowest BCUT2D eigenvalue weighted by Gasteiger charge is -2.38. The lowest BCUT2D eigenvalue weighted by atomic mass is 9.71. The van der Waals surface area contributed by atoms with E-state index >= 15 is 0 Å². The Kier molecular flexibility index (Phi) is 4.90. The highest BCUT2D eigenvalue weighted by atomic mass is 14.9. The van der Waals surface area contributed by atoms with E-state index in [1.807, 2.05) is 0 Å². The van der Waals surface area contributed by atoms with Crippen LogP contribution in [0.4, 0.5) is 0 Å². The van der Waals surface area contributed by atoms with Crippen molar-refractivity contribution in [1.82, 2.24) is 5.32 Å². The summed E-state index contributed by atoms with van der Waals surface area (Å²) in [6, 6.07) is 9.91. The maximum absolute atomic E-state index is 3.85. The average molecular weight is 273 g/mol. The topological polar surface area (TPSA) is 12.0 Å². The second-order valence-electron chi connectivity index (χ2n) is 7.66. The van der Waals surface area contributed by atoms with Crippen molar-refractivity contribution in [2.75, 3.05) is 0 Å². The summed E-state index contributed by atoms with van der Waals surface area (Å²) in [6.07, 6.45) is 5.42. The zero-order valence-electron chi connectivity index (χ0n) is 13.9. The summed E-state index contributed by atoms with van der Waals surface area (Å²) in [5.74, 6) is 0.898. The van der Waals surface area contributed by atoms with Gasteiger partial charge in [-0.3, -0.25) is 0 Å². The van der Waals surface area contributed by atoms with Gasteiger partial charge in [0.05, 0.1) is 0 Å². The van der Waals surface area contributed by atoms with E-state index in [2.05, 4.69) is 64.2 Å². The molecule has 0 radical (unpaired) electrons. The molecule has 0 aliphatic heterocycles. The Bertz CT molecular complexity index is 422. The molecule has 1 nitrogen and oxygen atoms in total. The van der Waals surface area contributed by atoms with Crippen molar-refractivity contribution in [3.63, 3.8) is 0 Å². The SMILES string of the molecule is Cc1ccccc1C(C)NC1CCC(C(C)(C)C)CC1. The first kappa shape index (κ1) is 15.6. The molecule has 1 heteroatoms. The number of benzene rings is 1. The van der Waals surface area contributed by atoms with Crippen molar-refractivity contribution in [1.29, 1.82) is 0 Å². The van der Waals surface area contributed by atoms with Gasteiger partial charge in [0.15, 0.2) is 0 Å². The van der Waals surface area contributed by atoms with Gasteiger partial charge in [-0.05, 0) is 62.0 Å². The van der Waals surface area contributed by atoms with Crippen molar-refractivity contribution in [3.8, 4) is 0 Å². The van der Waals surface area contributed by atoms with Gasteiger partial charge in [-0.15, -0.1) is 0 Å². The summed E-state index contributed by atoms with van der Waals surface area (Å²) in [5.41, 5.74) is 3.33. The average Bonchev–Trinajstić information content (AvgIpc) is 2.38. The molecule has 1 aromatic rings. The Balaban J connectivity index is 1.88. The monoisotopic (exact) mass is 273 g/mol. The molecule has 1 aliphatic carbocycles. The molecule has 1 saturated carbocycles. The standard InChI is InChI=1S/C19H31N/c1-14-8-6-7-9-18(14)15(2)20-17-12-10-16(11-13-17)19(3,4)5/h6-9,15-17,20H,10-13H2,1-5H3. The molecule has 20 heavy (non-hydrogen) atoms. The van der Waals surface area contributed by atoms with Gasteiger partial charge in [-0.1, -0.05) is 45.0 Å². The van der Waals surface area contributed by atoms with Crippen LogP contribution in [0.1, 0.15) is 70.5 Å². The van der Waals surface area contributed by atoms with Crippen LogP contribution in [0.5, 0.6) is 0 Å². The maximum atomic E-state index is 3.85. The molecule has 1 fully saturated rings. The highest BCUT2D eigenvalue weighted by Gasteiger charge is 2.30. The minimum Gasteiger partial charge on any atom is -0.307 e. The summed E-state index contributed by atoms with van der Waals surface area (Å²) in [4.78, 5) is 0. The van der Waals surface area contributed by atoms with Gasteiger partial charge >= 0.3 is 0 Å². The fraction of sp³-hybridized carbons (Fsp3) is 0.684.